The predicted molar refractivity (Wildman–Crippen MR) is 70.9 cm³/mol. The molecule has 0 aromatic carbocycles. The van der Waals surface area contributed by atoms with Crippen LogP contribution in [-0.4, -0.2) is 50.1 Å². The van der Waals surface area contributed by atoms with E-state index in [0.717, 1.165) is 6.54 Å². The molecule has 1 rings (SSSR count). The van der Waals surface area contributed by atoms with Crippen LogP contribution in [0.25, 0.3) is 0 Å². The van der Waals surface area contributed by atoms with E-state index < -0.39 is 0 Å². The van der Waals surface area contributed by atoms with Gasteiger partial charge in [0.05, 0.1) is 6.04 Å². The normalized spacial score (nSPS) is 19.9. The van der Waals surface area contributed by atoms with Crippen molar-refractivity contribution in [3.8, 4) is 0 Å². The minimum Gasteiger partial charge on any atom is -0.351 e. The van der Waals surface area contributed by atoms with E-state index in [2.05, 4.69) is 29.2 Å². The average Bonchev–Trinajstić information content (AvgIpc) is 2.34. The lowest BCUT2D eigenvalue weighted by Gasteiger charge is -2.29. The zero-order chi connectivity index (χ0) is 12.7. The molecule has 98 valence electrons. The first-order valence-corrected chi connectivity index (χ1v) is 6.44. The van der Waals surface area contributed by atoms with Crippen LogP contribution in [0.1, 0.15) is 19.8 Å². The van der Waals surface area contributed by atoms with Crippen molar-refractivity contribution in [2.75, 3.05) is 33.2 Å². The molecule has 1 aliphatic rings. The van der Waals surface area contributed by atoms with Crippen molar-refractivity contribution in [1.82, 2.24) is 15.5 Å². The molecular weight excluding hydrogens is 214 g/mol. The fourth-order valence-corrected chi connectivity index (χ4v) is 2.03. The fraction of sp³-hybridized carbons (Fsp3) is 0.769. The van der Waals surface area contributed by atoms with Gasteiger partial charge in [-0.3, -0.25) is 4.79 Å². The molecule has 1 fully saturated rings. The molecule has 4 nitrogen and oxygen atoms in total. The highest BCUT2D eigenvalue weighted by molar-refractivity contribution is 5.81. The van der Waals surface area contributed by atoms with Gasteiger partial charge in [0.1, 0.15) is 0 Å². The van der Waals surface area contributed by atoms with E-state index in [1.165, 1.54) is 25.9 Å². The quantitative estimate of drug-likeness (QED) is 0.668. The smallest absolute Gasteiger partial charge is 0.237 e. The highest BCUT2D eigenvalue weighted by Crippen LogP contribution is 2.14. The highest BCUT2D eigenvalue weighted by atomic mass is 16.2. The van der Waals surface area contributed by atoms with Gasteiger partial charge < -0.3 is 15.5 Å². The minimum absolute atomic E-state index is 0.0535. The molecule has 0 aromatic heterocycles. The van der Waals surface area contributed by atoms with E-state index in [1.54, 1.807) is 6.08 Å². The number of nitrogens with one attached hydrogen (secondary N) is 2. The summed E-state index contributed by atoms with van der Waals surface area (Å²) in [6.45, 7) is 9.31. The predicted octanol–water partition coefficient (Wildman–Crippen LogP) is 0.609. The van der Waals surface area contributed by atoms with Crippen LogP contribution in [0.5, 0.6) is 0 Å². The Morgan fingerprint density at radius 1 is 1.53 bits per heavy atom. The zero-order valence-corrected chi connectivity index (χ0v) is 11.0. The lowest BCUT2D eigenvalue weighted by molar-refractivity contribution is -0.122. The largest absolute Gasteiger partial charge is 0.351 e. The van der Waals surface area contributed by atoms with Gasteiger partial charge >= 0.3 is 0 Å². The van der Waals surface area contributed by atoms with Gasteiger partial charge in [-0.05, 0) is 52.4 Å². The van der Waals surface area contributed by atoms with Crippen LogP contribution >= 0.6 is 0 Å². The Bertz CT molecular complexity index is 247. The summed E-state index contributed by atoms with van der Waals surface area (Å²) in [6.07, 6.45) is 4.15. The molecule has 1 saturated heterocycles. The van der Waals surface area contributed by atoms with Crippen molar-refractivity contribution in [2.24, 2.45) is 5.92 Å². The van der Waals surface area contributed by atoms with Crippen molar-refractivity contribution >= 4 is 5.91 Å². The van der Waals surface area contributed by atoms with Gasteiger partial charge in [-0.15, -0.1) is 6.58 Å². The number of nitrogens with zero attached hydrogens (tertiary/aromatic N) is 1. The van der Waals surface area contributed by atoms with Gasteiger partial charge in [-0.1, -0.05) is 6.08 Å². The number of amides is 1. The summed E-state index contributed by atoms with van der Waals surface area (Å²) in [6, 6.07) is -0.116. The Labute approximate surface area is 104 Å². The molecule has 2 N–H and O–H groups in total. The Morgan fingerprint density at radius 3 is 2.76 bits per heavy atom. The standard InChI is InChI=1S/C13H25N3O/c1-4-7-14-13(17)11(2)15-10-12-5-8-16(3)9-6-12/h4,11-12,15H,1,5-10H2,2-3H3,(H,14,17). The van der Waals surface area contributed by atoms with E-state index in [0.29, 0.717) is 12.5 Å². The summed E-state index contributed by atoms with van der Waals surface area (Å²) in [5, 5.41) is 6.11. The third-order valence-electron chi connectivity index (χ3n) is 3.36. The van der Waals surface area contributed by atoms with Gasteiger partial charge in [0.2, 0.25) is 5.91 Å². The Hall–Kier alpha value is -0.870. The Kier molecular flexibility index (Phi) is 6.22. The van der Waals surface area contributed by atoms with Crippen LogP contribution in [0.2, 0.25) is 0 Å². The Balaban J connectivity index is 2.16. The van der Waals surface area contributed by atoms with Crippen LogP contribution in [0.4, 0.5) is 0 Å². The highest BCUT2D eigenvalue weighted by Gasteiger charge is 2.18. The number of hydrogen-bond acceptors (Lipinski definition) is 3. The van der Waals surface area contributed by atoms with Crippen LogP contribution in [0.15, 0.2) is 12.7 Å². The second kappa shape index (κ2) is 7.45. The molecule has 1 aliphatic heterocycles. The maximum absolute atomic E-state index is 11.6. The molecule has 0 bridgehead atoms. The molecule has 0 aliphatic carbocycles. The molecule has 4 heteroatoms. The monoisotopic (exact) mass is 239 g/mol. The zero-order valence-electron chi connectivity index (χ0n) is 11.0. The van der Waals surface area contributed by atoms with Gasteiger partial charge in [0.15, 0.2) is 0 Å². The topological polar surface area (TPSA) is 44.4 Å². The van der Waals surface area contributed by atoms with Crippen LogP contribution in [-0.2, 0) is 4.79 Å². The number of piperidine rings is 1. The first-order valence-electron chi connectivity index (χ1n) is 6.44. The number of rotatable bonds is 6. The van der Waals surface area contributed by atoms with E-state index in [9.17, 15) is 4.79 Å². The number of hydrogen-bond donors (Lipinski definition) is 2. The van der Waals surface area contributed by atoms with Crippen molar-refractivity contribution in [2.45, 2.75) is 25.8 Å². The first-order chi connectivity index (χ1) is 8.13. The van der Waals surface area contributed by atoms with Crippen molar-refractivity contribution < 1.29 is 4.79 Å². The number of carbonyl (C=O) groups excluding carboxylic acids is 1. The van der Waals surface area contributed by atoms with E-state index in [4.69, 9.17) is 0 Å². The summed E-state index contributed by atoms with van der Waals surface area (Å²) in [5.41, 5.74) is 0. The lowest BCUT2D eigenvalue weighted by atomic mass is 9.97. The molecule has 1 atom stereocenters. The van der Waals surface area contributed by atoms with Crippen molar-refractivity contribution in [3.05, 3.63) is 12.7 Å². The number of carbonyl (C=O) groups is 1. The SMILES string of the molecule is C=CCNC(=O)C(C)NCC1CCN(C)CC1. The van der Waals surface area contributed by atoms with Gasteiger partial charge in [-0.25, -0.2) is 0 Å². The number of likely N-dealkylation sites (tertiary alicyclic amines) is 1. The first kappa shape index (κ1) is 14.2. The third-order valence-corrected chi connectivity index (χ3v) is 3.36. The van der Waals surface area contributed by atoms with Crippen LogP contribution in [0, 0.1) is 5.92 Å². The molecule has 17 heavy (non-hydrogen) atoms. The van der Waals surface area contributed by atoms with Crippen LogP contribution < -0.4 is 10.6 Å². The van der Waals surface area contributed by atoms with Crippen molar-refractivity contribution in [1.29, 1.82) is 0 Å². The van der Waals surface area contributed by atoms with Gasteiger partial charge in [-0.2, -0.15) is 0 Å². The molecular formula is C13H25N3O. The average molecular weight is 239 g/mol. The molecule has 1 amide bonds. The summed E-state index contributed by atoms with van der Waals surface area (Å²) < 4.78 is 0. The second-order valence-electron chi connectivity index (χ2n) is 4.91. The molecule has 1 heterocycles. The van der Waals surface area contributed by atoms with Gasteiger partial charge in [0, 0.05) is 6.54 Å². The van der Waals surface area contributed by atoms with E-state index >= 15 is 0 Å². The van der Waals surface area contributed by atoms with E-state index in [1.807, 2.05) is 6.92 Å². The summed E-state index contributed by atoms with van der Waals surface area (Å²) in [7, 11) is 2.16. The maximum Gasteiger partial charge on any atom is 0.237 e. The van der Waals surface area contributed by atoms with Crippen molar-refractivity contribution in [3.63, 3.8) is 0 Å². The van der Waals surface area contributed by atoms with E-state index in [-0.39, 0.29) is 11.9 Å². The van der Waals surface area contributed by atoms with Gasteiger partial charge in [0.25, 0.3) is 0 Å². The summed E-state index contributed by atoms with van der Waals surface area (Å²) in [4.78, 5) is 14.0. The maximum atomic E-state index is 11.6. The molecule has 0 saturated carbocycles. The molecule has 0 radical (unpaired) electrons. The fourth-order valence-electron chi connectivity index (χ4n) is 2.03. The molecule has 1 unspecified atom stereocenters. The second-order valence-corrected chi connectivity index (χ2v) is 4.91. The minimum atomic E-state index is -0.116. The third kappa shape index (κ3) is 5.33. The summed E-state index contributed by atoms with van der Waals surface area (Å²) in [5.74, 6) is 0.763. The molecule has 0 spiro atoms. The summed E-state index contributed by atoms with van der Waals surface area (Å²) >= 11 is 0. The molecule has 0 aromatic rings. The lowest BCUT2D eigenvalue weighted by Crippen LogP contribution is -2.45. The Morgan fingerprint density at radius 2 is 2.18 bits per heavy atom. The van der Waals surface area contributed by atoms with Crippen LogP contribution in [0.3, 0.4) is 0 Å².